The molecule has 1 N–H and O–H groups in total. The lowest BCUT2D eigenvalue weighted by Gasteiger charge is -2.02. The van der Waals surface area contributed by atoms with E-state index in [1.165, 1.54) is 46.6 Å². The van der Waals surface area contributed by atoms with Gasteiger partial charge in [-0.05, 0) is 42.0 Å². The molecule has 0 aliphatic rings. The number of halogens is 1. The molecule has 2 heterocycles. The van der Waals surface area contributed by atoms with Crippen molar-refractivity contribution in [3.8, 4) is 5.69 Å². The van der Waals surface area contributed by atoms with E-state index in [4.69, 9.17) is 12.2 Å². The third kappa shape index (κ3) is 5.17. The van der Waals surface area contributed by atoms with E-state index >= 15 is 0 Å². The van der Waals surface area contributed by atoms with Gasteiger partial charge in [0, 0.05) is 6.54 Å². The normalized spacial score (nSPS) is 10.8. The molecule has 11 heteroatoms. The number of hydrogen-bond donors (Lipinski definition) is 1. The van der Waals surface area contributed by atoms with Gasteiger partial charge in [0.05, 0.1) is 11.4 Å². The van der Waals surface area contributed by atoms with Crippen molar-refractivity contribution < 1.29 is 9.18 Å². The van der Waals surface area contributed by atoms with Gasteiger partial charge in [0.2, 0.25) is 5.01 Å². The first kappa shape index (κ1) is 20.8. The van der Waals surface area contributed by atoms with Crippen LogP contribution in [0.15, 0.2) is 58.9 Å². The molecule has 0 unspecified atom stereocenters. The van der Waals surface area contributed by atoms with E-state index in [1.54, 1.807) is 16.8 Å². The minimum absolute atomic E-state index is 0.287. The van der Waals surface area contributed by atoms with Crippen LogP contribution in [0.4, 0.5) is 4.39 Å². The minimum Gasteiger partial charge on any atom is -0.346 e. The van der Waals surface area contributed by atoms with Crippen LogP contribution in [-0.2, 0) is 12.3 Å². The van der Waals surface area contributed by atoms with Crippen LogP contribution in [0, 0.1) is 9.77 Å². The van der Waals surface area contributed by atoms with Crippen molar-refractivity contribution in [3.05, 3.63) is 79.9 Å². The first-order chi connectivity index (χ1) is 14.6. The number of amides is 1. The summed E-state index contributed by atoms with van der Waals surface area (Å²) >= 11 is 9.57. The van der Waals surface area contributed by atoms with Gasteiger partial charge >= 0.3 is 0 Å². The van der Waals surface area contributed by atoms with Crippen molar-refractivity contribution in [3.63, 3.8) is 0 Å². The zero-order valence-corrected chi connectivity index (χ0v) is 18.6. The molecular weight excluding hydrogens is 462 g/mol. The van der Waals surface area contributed by atoms with Crippen LogP contribution in [-0.4, -0.2) is 25.9 Å². The van der Waals surface area contributed by atoms with Crippen LogP contribution in [0.25, 0.3) is 5.69 Å². The molecule has 0 aliphatic heterocycles. The van der Waals surface area contributed by atoms with Crippen molar-refractivity contribution >= 4 is 52.6 Å². The molecule has 4 aromatic rings. The number of para-hydroxylation sites is 1. The molecule has 4 rings (SSSR count). The van der Waals surface area contributed by atoms with E-state index in [0.717, 1.165) is 20.6 Å². The fourth-order valence-electron chi connectivity index (χ4n) is 2.44. The Bertz CT molecular complexity index is 1200. The van der Waals surface area contributed by atoms with E-state index in [-0.39, 0.29) is 16.7 Å². The maximum atomic E-state index is 12.9. The van der Waals surface area contributed by atoms with Crippen molar-refractivity contribution in [1.29, 1.82) is 0 Å². The number of nitrogens with zero attached hydrogens (tertiary/aromatic N) is 4. The molecule has 0 radical (unpaired) electrons. The first-order valence-electron chi connectivity index (χ1n) is 8.72. The highest BCUT2D eigenvalue weighted by Crippen LogP contribution is 2.28. The van der Waals surface area contributed by atoms with Crippen molar-refractivity contribution in [1.82, 2.24) is 25.3 Å². The van der Waals surface area contributed by atoms with E-state index in [2.05, 4.69) is 20.6 Å². The number of benzene rings is 2. The second-order valence-corrected chi connectivity index (χ2v) is 9.89. The lowest BCUT2D eigenvalue weighted by molar-refractivity contribution is 0.0950. The van der Waals surface area contributed by atoms with Gasteiger partial charge in [-0.15, -0.1) is 15.3 Å². The van der Waals surface area contributed by atoms with Crippen molar-refractivity contribution in [2.75, 3.05) is 0 Å². The van der Waals surface area contributed by atoms with Gasteiger partial charge in [0.15, 0.2) is 8.29 Å². The molecule has 2 aromatic carbocycles. The highest BCUT2D eigenvalue weighted by Gasteiger charge is 2.14. The number of hydrogen-bond acceptors (Lipinski definition) is 8. The first-order valence-corrected chi connectivity index (χ1v) is 11.7. The maximum absolute atomic E-state index is 12.9. The molecule has 6 nitrogen and oxygen atoms in total. The van der Waals surface area contributed by atoms with Gasteiger partial charge < -0.3 is 5.32 Å². The third-order valence-electron chi connectivity index (χ3n) is 3.88. The average molecular weight is 476 g/mol. The summed E-state index contributed by atoms with van der Waals surface area (Å²) in [5, 5.41) is 16.4. The SMILES string of the molecule is O=C(NCc1ccc(F)cc1)c1nnc(CSc2nn(-c3ccccc3)c(=S)s2)s1. The van der Waals surface area contributed by atoms with Crippen molar-refractivity contribution in [2.24, 2.45) is 0 Å². The standard InChI is InChI=1S/C19H14FN5OS4/c20-13-8-6-12(7-9-13)10-21-16(26)17-23-22-15(29-17)11-28-18-24-25(19(27)30-18)14-4-2-1-3-5-14/h1-9H,10-11H2,(H,21,26). The summed E-state index contributed by atoms with van der Waals surface area (Å²) in [6.45, 7) is 0.295. The lowest BCUT2D eigenvalue weighted by Crippen LogP contribution is -2.22. The van der Waals surface area contributed by atoms with Gasteiger partial charge in [0.1, 0.15) is 10.8 Å². The molecule has 0 saturated heterocycles. The zero-order chi connectivity index (χ0) is 20.9. The summed E-state index contributed by atoms with van der Waals surface area (Å²) in [5.74, 6) is -0.0777. The molecule has 0 bridgehead atoms. The lowest BCUT2D eigenvalue weighted by atomic mass is 10.2. The second-order valence-electron chi connectivity index (χ2n) is 5.98. The van der Waals surface area contributed by atoms with Crippen LogP contribution < -0.4 is 5.32 Å². The van der Waals surface area contributed by atoms with E-state index in [9.17, 15) is 9.18 Å². The van der Waals surface area contributed by atoms with Crippen LogP contribution >= 0.6 is 46.7 Å². The van der Waals surface area contributed by atoms with Crippen LogP contribution in [0.5, 0.6) is 0 Å². The Labute approximate surface area is 188 Å². The Balaban J connectivity index is 1.34. The molecule has 1 amide bonds. The summed E-state index contributed by atoms with van der Waals surface area (Å²) in [6.07, 6.45) is 0. The summed E-state index contributed by atoms with van der Waals surface area (Å²) in [7, 11) is 0. The molecule has 0 saturated carbocycles. The highest BCUT2D eigenvalue weighted by atomic mass is 32.2. The van der Waals surface area contributed by atoms with Crippen LogP contribution in [0.1, 0.15) is 20.4 Å². The van der Waals surface area contributed by atoms with Gasteiger partial charge in [-0.1, -0.05) is 64.8 Å². The van der Waals surface area contributed by atoms with Gasteiger partial charge in [-0.2, -0.15) is 0 Å². The molecule has 2 aromatic heterocycles. The summed E-state index contributed by atoms with van der Waals surface area (Å²) in [6, 6.07) is 15.7. The number of carbonyl (C=O) groups excluding carboxylic acids is 1. The van der Waals surface area contributed by atoms with Gasteiger partial charge in [0.25, 0.3) is 5.91 Å². The Kier molecular flexibility index (Phi) is 6.62. The topological polar surface area (TPSA) is 72.7 Å². The Morgan fingerprint density at radius 3 is 2.63 bits per heavy atom. The number of aromatic nitrogens is 4. The fourth-order valence-corrected chi connectivity index (χ4v) is 5.54. The predicted octanol–water partition coefficient (Wildman–Crippen LogP) is 4.88. The monoisotopic (exact) mass is 475 g/mol. The van der Waals surface area contributed by atoms with E-state index in [0.29, 0.717) is 16.3 Å². The Hall–Kier alpha value is -2.47. The average Bonchev–Trinajstić information content (AvgIpc) is 3.39. The van der Waals surface area contributed by atoms with Crippen molar-refractivity contribution in [2.45, 2.75) is 16.6 Å². The maximum Gasteiger partial charge on any atom is 0.282 e. The summed E-state index contributed by atoms with van der Waals surface area (Å²) in [5.41, 5.74) is 1.72. The molecular formula is C19H14FN5OS4. The summed E-state index contributed by atoms with van der Waals surface area (Å²) in [4.78, 5) is 12.3. The molecule has 0 atom stereocenters. The van der Waals surface area contributed by atoms with Gasteiger partial charge in [-0.25, -0.2) is 9.07 Å². The Morgan fingerprint density at radius 2 is 1.87 bits per heavy atom. The zero-order valence-electron chi connectivity index (χ0n) is 15.3. The molecule has 0 fully saturated rings. The predicted molar refractivity (Wildman–Crippen MR) is 119 cm³/mol. The number of nitrogens with one attached hydrogen (secondary N) is 1. The number of rotatable bonds is 7. The van der Waals surface area contributed by atoms with Crippen LogP contribution in [0.2, 0.25) is 0 Å². The fraction of sp³-hybridized carbons (Fsp3) is 0.105. The van der Waals surface area contributed by atoms with E-state index in [1.807, 2.05) is 30.3 Å². The second kappa shape index (κ2) is 9.56. The quantitative estimate of drug-likeness (QED) is 0.304. The minimum atomic E-state index is -0.311. The molecule has 0 spiro atoms. The van der Waals surface area contributed by atoms with E-state index < -0.39 is 0 Å². The highest BCUT2D eigenvalue weighted by molar-refractivity contribution is 8.00. The summed E-state index contributed by atoms with van der Waals surface area (Å²) < 4.78 is 16.2. The third-order valence-corrected chi connectivity index (χ3v) is 7.36. The number of carbonyl (C=O) groups is 1. The van der Waals surface area contributed by atoms with Gasteiger partial charge in [-0.3, -0.25) is 4.79 Å². The van der Waals surface area contributed by atoms with Crippen LogP contribution in [0.3, 0.4) is 0 Å². The largest absolute Gasteiger partial charge is 0.346 e. The smallest absolute Gasteiger partial charge is 0.282 e. The number of thioether (sulfide) groups is 1. The Morgan fingerprint density at radius 1 is 1.10 bits per heavy atom. The molecule has 152 valence electrons. The molecule has 0 aliphatic carbocycles. The molecule has 30 heavy (non-hydrogen) atoms.